The Kier molecular flexibility index (Phi) is 6.57. The summed E-state index contributed by atoms with van der Waals surface area (Å²) in [5.41, 5.74) is -4.30. The smallest absolute Gasteiger partial charge is 0.433 e. The summed E-state index contributed by atoms with van der Waals surface area (Å²) in [4.78, 5) is 44.0. The Morgan fingerprint density at radius 2 is 1.64 bits per heavy atom. The molecule has 0 aliphatic heterocycles. The van der Waals surface area contributed by atoms with Crippen LogP contribution in [0.3, 0.4) is 0 Å². The van der Waals surface area contributed by atoms with Crippen molar-refractivity contribution >= 4 is 29.3 Å². The van der Waals surface area contributed by atoms with Crippen LogP contribution in [0.1, 0.15) is 91.6 Å². The lowest BCUT2D eigenvalue weighted by Crippen LogP contribution is -2.52. The van der Waals surface area contributed by atoms with Gasteiger partial charge in [0.25, 0.3) is 5.91 Å². The molecule has 5 aliphatic rings. The number of fused-ring (bicyclic) bond motifs is 4. The molecule has 1 N–H and O–H groups in total. The average Bonchev–Trinajstić information content (AvgIpc) is 3.37. The van der Waals surface area contributed by atoms with E-state index in [-0.39, 0.29) is 60.8 Å². The van der Waals surface area contributed by atoms with Gasteiger partial charge in [-0.15, -0.1) is 0 Å². The summed E-state index contributed by atoms with van der Waals surface area (Å²) in [6.07, 6.45) is 0.150. The number of aromatic nitrogens is 3. The van der Waals surface area contributed by atoms with E-state index in [9.17, 15) is 37.1 Å². The monoisotopic (exact) mass is 610 g/mol. The maximum Gasteiger partial charge on any atom is 0.433 e. The van der Waals surface area contributed by atoms with Gasteiger partial charge in [-0.25, -0.2) is 4.39 Å². The first-order chi connectivity index (χ1) is 19.6. The molecule has 7 rings (SSSR count). The summed E-state index contributed by atoms with van der Waals surface area (Å²) in [6, 6.07) is -0.517. The molecule has 2 heterocycles. The molecule has 5 aliphatic carbocycles. The minimum atomic E-state index is -4.95. The number of aliphatic carboxylic acids is 1. The van der Waals surface area contributed by atoms with E-state index < -0.39 is 70.0 Å². The molecule has 8 nitrogen and oxygen atoms in total. The highest BCUT2D eigenvalue weighted by Crippen LogP contribution is 2.67. The molecule has 2 aromatic heterocycles. The fraction of sp³-hybridized carbons (Fsp3) is 0.621. The number of pyridine rings is 1. The lowest BCUT2D eigenvalue weighted by molar-refractivity contribution is -0.163. The number of carbonyl (C=O) groups excluding carboxylic acids is 2. The Bertz CT molecular complexity index is 1430. The fourth-order valence-electron chi connectivity index (χ4n) is 8.11. The second-order valence-electron chi connectivity index (χ2n) is 13.1. The molecule has 5 fully saturated rings. The third-order valence-electron chi connectivity index (χ3n) is 10.9. The molecule has 2 atom stereocenters. The number of carboxylic acids is 1. The van der Waals surface area contributed by atoms with Crippen LogP contribution in [0.4, 0.5) is 17.6 Å². The number of carboxylic acid groups (broad SMARTS) is 1. The molecule has 2 aromatic rings. The summed E-state index contributed by atoms with van der Waals surface area (Å²) in [5.74, 6) is -3.23. The highest BCUT2D eigenvalue weighted by atomic mass is 35.5. The largest absolute Gasteiger partial charge is 0.481 e. The van der Waals surface area contributed by atoms with E-state index in [4.69, 9.17) is 11.6 Å². The van der Waals surface area contributed by atoms with E-state index in [1.807, 2.05) is 0 Å². The highest BCUT2D eigenvalue weighted by molar-refractivity contribution is 6.34. The molecule has 5 saturated carbocycles. The standard InChI is InChI=1S/C29H31ClF4N4O4/c1-26(2)17-9-15(10-18(17)26)37(14-21(39)22-19(30)12-35-13-20(22)31)24(40)16-11-36-38(23(16)29(32,33)34)28-6-3-27(4-7-28,5-8-28)25(41)42/h11-13,15,17-18H,3-10,14H2,1-2H3,(H,41,42). The lowest BCUT2D eigenvalue weighted by Gasteiger charge is -2.51. The third-order valence-corrected chi connectivity index (χ3v) is 11.2. The van der Waals surface area contributed by atoms with Crippen LogP contribution in [0.2, 0.25) is 5.02 Å². The molecule has 0 saturated heterocycles. The Morgan fingerprint density at radius 1 is 1.05 bits per heavy atom. The van der Waals surface area contributed by atoms with Crippen molar-refractivity contribution in [3.05, 3.63) is 46.3 Å². The van der Waals surface area contributed by atoms with E-state index in [1.165, 1.54) is 0 Å². The van der Waals surface area contributed by atoms with Gasteiger partial charge in [-0.1, -0.05) is 25.4 Å². The SMILES string of the molecule is CC1(C)C2CC(N(CC(=O)c3c(F)cncc3Cl)C(=O)c3cnn(C45CCC(C(=O)O)(CC4)CC5)c3C(F)(F)F)CC21. The number of hydrogen-bond donors (Lipinski definition) is 1. The predicted molar refractivity (Wildman–Crippen MR) is 141 cm³/mol. The summed E-state index contributed by atoms with van der Waals surface area (Å²) < 4.78 is 59.7. The molecular formula is C29H31ClF4N4O4. The Morgan fingerprint density at radius 3 is 2.17 bits per heavy atom. The normalized spacial score (nSPS) is 31.1. The highest BCUT2D eigenvalue weighted by Gasteiger charge is 2.63. The molecule has 226 valence electrons. The van der Waals surface area contributed by atoms with E-state index in [1.54, 1.807) is 0 Å². The molecule has 1 amide bonds. The van der Waals surface area contributed by atoms with Crippen LogP contribution in [0.15, 0.2) is 18.6 Å². The van der Waals surface area contributed by atoms with Crippen LogP contribution < -0.4 is 0 Å². The Hall–Kier alpha value is -3.02. The number of hydrogen-bond acceptors (Lipinski definition) is 5. The van der Waals surface area contributed by atoms with Gasteiger partial charge in [0, 0.05) is 12.2 Å². The van der Waals surface area contributed by atoms with Gasteiger partial charge in [-0.2, -0.15) is 18.3 Å². The second kappa shape index (κ2) is 9.49. The van der Waals surface area contributed by atoms with Crippen LogP contribution in [0.5, 0.6) is 0 Å². The first-order valence-corrected chi connectivity index (χ1v) is 14.5. The van der Waals surface area contributed by atoms with Gasteiger partial charge in [0.2, 0.25) is 0 Å². The van der Waals surface area contributed by atoms with Crippen molar-refractivity contribution in [3.63, 3.8) is 0 Å². The number of rotatable bonds is 7. The van der Waals surface area contributed by atoms with Gasteiger partial charge in [0.15, 0.2) is 17.3 Å². The van der Waals surface area contributed by atoms with Crippen LogP contribution in [-0.4, -0.2) is 55.0 Å². The topological polar surface area (TPSA) is 105 Å². The van der Waals surface area contributed by atoms with E-state index in [2.05, 4.69) is 23.9 Å². The van der Waals surface area contributed by atoms with Crippen LogP contribution in [0.25, 0.3) is 0 Å². The van der Waals surface area contributed by atoms with Gasteiger partial charge < -0.3 is 10.0 Å². The fourth-order valence-corrected chi connectivity index (χ4v) is 8.36. The van der Waals surface area contributed by atoms with Crippen LogP contribution in [0, 0.1) is 28.5 Å². The Balaban J connectivity index is 1.36. The molecule has 42 heavy (non-hydrogen) atoms. The van der Waals surface area contributed by atoms with Crippen molar-refractivity contribution in [2.45, 2.75) is 83.0 Å². The molecule has 0 radical (unpaired) electrons. The maximum absolute atomic E-state index is 14.8. The summed E-state index contributed by atoms with van der Waals surface area (Å²) in [7, 11) is 0. The molecule has 13 heteroatoms. The molecule has 0 aromatic carbocycles. The minimum Gasteiger partial charge on any atom is -0.481 e. The third kappa shape index (κ3) is 4.34. The number of amides is 1. The molecule has 2 bridgehead atoms. The van der Waals surface area contributed by atoms with E-state index >= 15 is 0 Å². The minimum absolute atomic E-state index is 0.0457. The number of ketones is 1. The van der Waals surface area contributed by atoms with Gasteiger partial charge in [-0.05, 0) is 68.6 Å². The van der Waals surface area contributed by atoms with Crippen molar-refractivity contribution < 1.29 is 37.1 Å². The van der Waals surface area contributed by atoms with Gasteiger partial charge in [0.05, 0.1) is 46.0 Å². The Labute approximate surface area is 244 Å². The average molecular weight is 611 g/mol. The van der Waals surface area contributed by atoms with Crippen molar-refractivity contribution in [2.24, 2.45) is 22.7 Å². The number of Topliss-reactive ketones (excluding diaryl/α,β-unsaturated/α-hetero) is 1. The first-order valence-electron chi connectivity index (χ1n) is 14.1. The van der Waals surface area contributed by atoms with Crippen molar-refractivity contribution in [1.82, 2.24) is 19.7 Å². The lowest BCUT2D eigenvalue weighted by atomic mass is 9.57. The molecule has 2 unspecified atom stereocenters. The number of nitrogens with zero attached hydrogens (tertiary/aromatic N) is 4. The second-order valence-corrected chi connectivity index (χ2v) is 13.5. The first kappa shape index (κ1) is 29.1. The number of carbonyl (C=O) groups is 3. The van der Waals surface area contributed by atoms with Gasteiger partial charge in [0.1, 0.15) is 0 Å². The zero-order valence-electron chi connectivity index (χ0n) is 23.2. The number of halogens is 5. The van der Waals surface area contributed by atoms with Gasteiger partial charge >= 0.3 is 12.1 Å². The van der Waals surface area contributed by atoms with Crippen molar-refractivity contribution in [3.8, 4) is 0 Å². The molecular weight excluding hydrogens is 580 g/mol. The number of alkyl halides is 3. The molecule has 0 spiro atoms. The van der Waals surface area contributed by atoms with Crippen LogP contribution in [-0.2, 0) is 16.5 Å². The quantitative estimate of drug-likeness (QED) is 0.305. The van der Waals surface area contributed by atoms with Crippen molar-refractivity contribution in [2.75, 3.05) is 6.54 Å². The predicted octanol–water partition coefficient (Wildman–Crippen LogP) is 5.98. The zero-order chi connectivity index (χ0) is 30.4. The van der Waals surface area contributed by atoms with E-state index in [0.717, 1.165) is 28.2 Å². The zero-order valence-corrected chi connectivity index (χ0v) is 23.9. The van der Waals surface area contributed by atoms with E-state index in [0.29, 0.717) is 12.8 Å². The maximum atomic E-state index is 14.8. The summed E-state index contributed by atoms with van der Waals surface area (Å²) in [6.45, 7) is 3.54. The summed E-state index contributed by atoms with van der Waals surface area (Å²) >= 11 is 6.04. The van der Waals surface area contributed by atoms with Gasteiger partial charge in [-0.3, -0.25) is 24.0 Å². The van der Waals surface area contributed by atoms with Crippen molar-refractivity contribution in [1.29, 1.82) is 0 Å². The summed E-state index contributed by atoms with van der Waals surface area (Å²) in [5, 5.41) is 13.6. The van der Waals surface area contributed by atoms with Crippen LogP contribution >= 0.6 is 11.6 Å².